The lowest BCUT2D eigenvalue weighted by atomic mass is 9.97. The number of nitrogens with zero attached hydrogens (tertiary/aromatic N) is 5. The van der Waals surface area contributed by atoms with Gasteiger partial charge < -0.3 is 9.64 Å². The van der Waals surface area contributed by atoms with Crippen LogP contribution in [0.2, 0.25) is 0 Å². The summed E-state index contributed by atoms with van der Waals surface area (Å²) >= 11 is 0. The van der Waals surface area contributed by atoms with Gasteiger partial charge in [0.2, 0.25) is 5.88 Å². The molecule has 4 rings (SSSR count). The first-order valence-electron chi connectivity index (χ1n) is 9.30. The van der Waals surface area contributed by atoms with Crippen molar-refractivity contribution in [2.24, 2.45) is 5.92 Å². The second kappa shape index (κ2) is 7.33. The van der Waals surface area contributed by atoms with Gasteiger partial charge in [0.1, 0.15) is 5.82 Å². The molecule has 6 nitrogen and oxygen atoms in total. The van der Waals surface area contributed by atoms with E-state index in [9.17, 15) is 0 Å². The van der Waals surface area contributed by atoms with Gasteiger partial charge in [-0.1, -0.05) is 0 Å². The van der Waals surface area contributed by atoms with Crippen LogP contribution in [-0.2, 0) is 12.8 Å². The Hall–Kier alpha value is -2.24. The molecule has 2 aromatic heterocycles. The van der Waals surface area contributed by atoms with Crippen molar-refractivity contribution in [3.05, 3.63) is 35.4 Å². The van der Waals surface area contributed by atoms with Crippen molar-refractivity contribution in [3.8, 4) is 5.88 Å². The van der Waals surface area contributed by atoms with Crippen LogP contribution in [-0.4, -0.2) is 39.9 Å². The van der Waals surface area contributed by atoms with Gasteiger partial charge in [-0.2, -0.15) is 5.10 Å². The number of hydrogen-bond acceptors (Lipinski definition) is 6. The van der Waals surface area contributed by atoms with Crippen molar-refractivity contribution in [3.63, 3.8) is 0 Å². The molecule has 1 aliphatic heterocycles. The van der Waals surface area contributed by atoms with Crippen LogP contribution in [0.3, 0.4) is 0 Å². The molecule has 0 bridgehead atoms. The molecule has 3 heterocycles. The van der Waals surface area contributed by atoms with Crippen molar-refractivity contribution in [2.45, 2.75) is 45.4 Å². The maximum absolute atomic E-state index is 5.95. The second-order valence-corrected chi connectivity index (χ2v) is 7.12. The van der Waals surface area contributed by atoms with E-state index in [1.165, 1.54) is 18.4 Å². The van der Waals surface area contributed by atoms with Gasteiger partial charge >= 0.3 is 0 Å². The number of aryl methyl sites for hydroxylation is 3. The number of piperidine rings is 1. The van der Waals surface area contributed by atoms with Gasteiger partial charge in [0.15, 0.2) is 0 Å². The molecule has 0 aromatic carbocycles. The van der Waals surface area contributed by atoms with Gasteiger partial charge in [0, 0.05) is 25.4 Å². The van der Waals surface area contributed by atoms with Gasteiger partial charge in [-0.3, -0.25) is 4.98 Å². The molecule has 0 spiro atoms. The van der Waals surface area contributed by atoms with Crippen molar-refractivity contribution < 1.29 is 4.74 Å². The van der Waals surface area contributed by atoms with E-state index in [4.69, 9.17) is 4.74 Å². The predicted molar refractivity (Wildman–Crippen MR) is 95.9 cm³/mol. The molecule has 6 heteroatoms. The zero-order valence-corrected chi connectivity index (χ0v) is 14.8. The number of anilines is 1. The lowest BCUT2D eigenvalue weighted by Gasteiger charge is -2.32. The van der Waals surface area contributed by atoms with Gasteiger partial charge in [-0.15, -0.1) is 5.10 Å². The summed E-state index contributed by atoms with van der Waals surface area (Å²) in [6, 6.07) is 2.10. The van der Waals surface area contributed by atoms with Crippen molar-refractivity contribution >= 4 is 5.82 Å². The quantitative estimate of drug-likeness (QED) is 0.853. The van der Waals surface area contributed by atoms with Gasteiger partial charge in [0.05, 0.1) is 24.2 Å². The Morgan fingerprint density at radius 1 is 1.12 bits per heavy atom. The molecule has 25 heavy (non-hydrogen) atoms. The molecular weight excluding hydrogens is 314 g/mol. The minimum atomic E-state index is 0.562. The summed E-state index contributed by atoms with van der Waals surface area (Å²) < 4.78 is 5.95. The van der Waals surface area contributed by atoms with Gasteiger partial charge in [-0.05, 0) is 56.9 Å². The first-order valence-corrected chi connectivity index (χ1v) is 9.30. The van der Waals surface area contributed by atoms with Crippen molar-refractivity contribution in [1.82, 2.24) is 20.2 Å². The van der Waals surface area contributed by atoms with Crippen LogP contribution in [0.4, 0.5) is 5.82 Å². The molecule has 2 aromatic rings. The summed E-state index contributed by atoms with van der Waals surface area (Å²) in [6.45, 7) is 4.71. The topological polar surface area (TPSA) is 64.0 Å². The molecule has 132 valence electrons. The average molecular weight is 339 g/mol. The molecule has 0 saturated carbocycles. The Bertz CT molecular complexity index is 728. The second-order valence-electron chi connectivity index (χ2n) is 7.12. The van der Waals surface area contributed by atoms with Crippen LogP contribution in [0.25, 0.3) is 0 Å². The molecule has 1 aliphatic carbocycles. The standard InChI is InChI=1S/C19H25N5O/c1-14-11-20-12-18(21-14)24-8-6-15(7-9-24)13-25-19-10-16-4-2-3-5-17(16)22-23-19/h10-12,15H,2-9,13H2,1H3. The number of fused-ring (bicyclic) bond motifs is 1. The van der Waals surface area contributed by atoms with E-state index in [2.05, 4.69) is 31.1 Å². The smallest absolute Gasteiger partial charge is 0.233 e. The third-order valence-corrected chi connectivity index (χ3v) is 5.20. The highest BCUT2D eigenvalue weighted by atomic mass is 16.5. The van der Waals surface area contributed by atoms with Crippen LogP contribution < -0.4 is 9.64 Å². The van der Waals surface area contributed by atoms with E-state index in [-0.39, 0.29) is 0 Å². The average Bonchev–Trinajstić information content (AvgIpc) is 2.66. The fourth-order valence-electron chi connectivity index (χ4n) is 3.68. The van der Waals surface area contributed by atoms with Crippen LogP contribution in [0.1, 0.15) is 42.6 Å². The van der Waals surface area contributed by atoms with Crippen LogP contribution in [0.5, 0.6) is 5.88 Å². The number of ether oxygens (including phenoxy) is 1. The van der Waals surface area contributed by atoms with Crippen LogP contribution >= 0.6 is 0 Å². The molecule has 0 atom stereocenters. The van der Waals surface area contributed by atoms with Crippen LogP contribution in [0.15, 0.2) is 18.5 Å². The van der Waals surface area contributed by atoms with Gasteiger partial charge in [0.25, 0.3) is 0 Å². The monoisotopic (exact) mass is 339 g/mol. The van der Waals surface area contributed by atoms with Crippen molar-refractivity contribution in [1.29, 1.82) is 0 Å². The van der Waals surface area contributed by atoms with E-state index in [1.807, 2.05) is 13.1 Å². The molecule has 1 saturated heterocycles. The summed E-state index contributed by atoms with van der Waals surface area (Å²) in [5.74, 6) is 2.24. The predicted octanol–water partition coefficient (Wildman–Crippen LogP) is 2.75. The summed E-state index contributed by atoms with van der Waals surface area (Å²) in [6.07, 6.45) is 10.5. The summed E-state index contributed by atoms with van der Waals surface area (Å²) in [7, 11) is 0. The Balaban J connectivity index is 1.29. The number of rotatable bonds is 4. The summed E-state index contributed by atoms with van der Waals surface area (Å²) in [4.78, 5) is 11.1. The lowest BCUT2D eigenvalue weighted by Crippen LogP contribution is -2.36. The minimum Gasteiger partial charge on any atom is -0.476 e. The largest absolute Gasteiger partial charge is 0.476 e. The fourth-order valence-corrected chi connectivity index (χ4v) is 3.68. The maximum atomic E-state index is 5.95. The lowest BCUT2D eigenvalue weighted by molar-refractivity contribution is 0.213. The minimum absolute atomic E-state index is 0.562. The molecule has 0 radical (unpaired) electrons. The molecular formula is C19H25N5O. The highest BCUT2D eigenvalue weighted by molar-refractivity contribution is 5.36. The number of aromatic nitrogens is 4. The fraction of sp³-hybridized carbons (Fsp3) is 0.579. The Morgan fingerprint density at radius 2 is 1.96 bits per heavy atom. The first kappa shape index (κ1) is 16.2. The molecule has 0 N–H and O–H groups in total. The van der Waals surface area contributed by atoms with E-state index in [1.54, 1.807) is 6.20 Å². The van der Waals surface area contributed by atoms with Gasteiger partial charge in [-0.25, -0.2) is 4.98 Å². The highest BCUT2D eigenvalue weighted by Gasteiger charge is 2.21. The molecule has 0 unspecified atom stereocenters. The van der Waals surface area contributed by atoms with E-state index < -0.39 is 0 Å². The third-order valence-electron chi connectivity index (χ3n) is 5.20. The SMILES string of the molecule is Cc1cncc(N2CCC(COc3cc4c(nn3)CCCC4)CC2)n1. The first-order chi connectivity index (χ1) is 12.3. The zero-order chi connectivity index (χ0) is 17.1. The van der Waals surface area contributed by atoms with E-state index in [0.29, 0.717) is 11.8 Å². The Morgan fingerprint density at radius 3 is 2.80 bits per heavy atom. The molecule has 2 aliphatic rings. The summed E-state index contributed by atoms with van der Waals surface area (Å²) in [5, 5.41) is 8.59. The Labute approximate surface area is 148 Å². The molecule has 0 amide bonds. The van der Waals surface area contributed by atoms with E-state index in [0.717, 1.165) is 62.6 Å². The highest BCUT2D eigenvalue weighted by Crippen LogP contribution is 2.24. The van der Waals surface area contributed by atoms with Crippen LogP contribution in [0, 0.1) is 12.8 Å². The Kier molecular flexibility index (Phi) is 4.76. The zero-order valence-electron chi connectivity index (χ0n) is 14.8. The van der Waals surface area contributed by atoms with Crippen molar-refractivity contribution in [2.75, 3.05) is 24.6 Å². The summed E-state index contributed by atoms with van der Waals surface area (Å²) in [5.41, 5.74) is 3.45. The maximum Gasteiger partial charge on any atom is 0.233 e. The molecule has 1 fully saturated rings. The normalized spacial score (nSPS) is 18.0. The number of hydrogen-bond donors (Lipinski definition) is 0. The third kappa shape index (κ3) is 3.89. The van der Waals surface area contributed by atoms with E-state index >= 15 is 0 Å².